The minimum absolute atomic E-state index is 0.812. The first-order chi connectivity index (χ1) is 14.3. The van der Waals surface area contributed by atoms with Gasteiger partial charge in [0.25, 0.3) is 0 Å². The van der Waals surface area contributed by atoms with E-state index < -0.39 is 0 Å². The van der Waals surface area contributed by atoms with E-state index in [0.717, 1.165) is 36.4 Å². The Labute approximate surface area is 178 Å². The third kappa shape index (κ3) is 10.3. The second-order valence-electron chi connectivity index (χ2n) is 7.92. The Hall–Kier alpha value is -2.09. The molecule has 29 heavy (non-hydrogen) atoms. The number of benzene rings is 2. The topological polar surface area (TPSA) is 21.6 Å². The predicted octanol–water partition coefficient (Wildman–Crippen LogP) is 8.30. The van der Waals surface area contributed by atoms with Crippen molar-refractivity contribution in [1.82, 2.24) is 0 Å². The fourth-order valence-electron chi connectivity index (χ4n) is 3.35. The van der Waals surface area contributed by atoms with Crippen LogP contribution in [0.5, 0.6) is 5.75 Å². The Morgan fingerprint density at radius 1 is 0.690 bits per heavy atom. The van der Waals surface area contributed by atoms with Crippen LogP contribution >= 0.6 is 0 Å². The van der Waals surface area contributed by atoms with Gasteiger partial charge in [-0.1, -0.05) is 77.3 Å². The van der Waals surface area contributed by atoms with E-state index in [1.165, 1.54) is 63.4 Å². The molecule has 158 valence electrons. The van der Waals surface area contributed by atoms with Crippen LogP contribution in [-0.2, 0) is 6.42 Å². The number of aryl methyl sites for hydroxylation is 1. The normalized spacial score (nSPS) is 11.2. The van der Waals surface area contributed by atoms with Crippen molar-refractivity contribution in [3.8, 4) is 5.75 Å². The first-order valence-electron chi connectivity index (χ1n) is 11.7. The first kappa shape index (κ1) is 23.2. The molecule has 0 N–H and O–H groups in total. The summed E-state index contributed by atoms with van der Waals surface area (Å²) in [6.07, 6.45) is 16.2. The number of hydrogen-bond acceptors (Lipinski definition) is 2. The van der Waals surface area contributed by atoms with Gasteiger partial charge in [0.15, 0.2) is 0 Å². The average molecular weight is 394 g/mol. The Kier molecular flexibility index (Phi) is 11.9. The molecular weight excluding hydrogens is 354 g/mol. The fraction of sp³-hybridized carbons (Fsp3) is 0.519. The van der Waals surface area contributed by atoms with Gasteiger partial charge in [-0.15, -0.1) is 0 Å². The number of ether oxygens (including phenoxy) is 1. The van der Waals surface area contributed by atoms with Gasteiger partial charge in [0, 0.05) is 6.21 Å². The lowest BCUT2D eigenvalue weighted by Gasteiger charge is -2.06. The summed E-state index contributed by atoms with van der Waals surface area (Å²) >= 11 is 0. The maximum absolute atomic E-state index is 5.87. The standard InChI is InChI=1S/C27H39NO/c1-3-5-7-8-9-10-11-12-22-29-27-20-16-25(17-21-27)23-28-26-18-14-24(15-19-26)13-6-4-2/h14-21,23H,3-13,22H2,1-2H3/b28-23+. The molecule has 0 saturated carbocycles. The second kappa shape index (κ2) is 14.8. The van der Waals surface area contributed by atoms with E-state index in [0.29, 0.717) is 0 Å². The zero-order chi connectivity index (χ0) is 20.6. The number of unbranched alkanes of at least 4 members (excludes halogenated alkanes) is 8. The van der Waals surface area contributed by atoms with Gasteiger partial charge in [0.1, 0.15) is 5.75 Å². The molecule has 0 aliphatic rings. The molecule has 0 bridgehead atoms. The lowest BCUT2D eigenvalue weighted by atomic mass is 10.1. The molecule has 2 rings (SSSR count). The summed E-state index contributed by atoms with van der Waals surface area (Å²) in [4.78, 5) is 4.58. The summed E-state index contributed by atoms with van der Waals surface area (Å²) in [5.41, 5.74) is 3.49. The Morgan fingerprint density at radius 3 is 1.97 bits per heavy atom. The van der Waals surface area contributed by atoms with Crippen molar-refractivity contribution >= 4 is 11.9 Å². The lowest BCUT2D eigenvalue weighted by molar-refractivity contribution is 0.304. The van der Waals surface area contributed by atoms with E-state index in [4.69, 9.17) is 4.74 Å². The zero-order valence-electron chi connectivity index (χ0n) is 18.5. The Bertz CT molecular complexity index is 673. The maximum atomic E-state index is 5.87. The number of hydrogen-bond donors (Lipinski definition) is 0. The summed E-state index contributed by atoms with van der Waals surface area (Å²) in [6, 6.07) is 16.8. The third-order valence-electron chi connectivity index (χ3n) is 5.26. The van der Waals surface area contributed by atoms with Crippen molar-refractivity contribution < 1.29 is 4.74 Å². The Morgan fingerprint density at radius 2 is 1.31 bits per heavy atom. The highest BCUT2D eigenvalue weighted by Gasteiger charge is 1.97. The van der Waals surface area contributed by atoms with Crippen molar-refractivity contribution in [2.75, 3.05) is 6.61 Å². The second-order valence-corrected chi connectivity index (χ2v) is 7.92. The molecule has 2 heteroatoms. The van der Waals surface area contributed by atoms with Gasteiger partial charge in [-0.05, 0) is 66.8 Å². The van der Waals surface area contributed by atoms with E-state index >= 15 is 0 Å². The maximum Gasteiger partial charge on any atom is 0.119 e. The van der Waals surface area contributed by atoms with Crippen LogP contribution in [0, 0.1) is 0 Å². The van der Waals surface area contributed by atoms with Crippen molar-refractivity contribution in [3.05, 3.63) is 59.7 Å². The molecular formula is C27H39NO. The Balaban J connectivity index is 1.64. The molecule has 0 heterocycles. The van der Waals surface area contributed by atoms with Gasteiger partial charge in [-0.3, -0.25) is 4.99 Å². The van der Waals surface area contributed by atoms with E-state index in [9.17, 15) is 0 Å². The van der Waals surface area contributed by atoms with Crippen LogP contribution in [0.3, 0.4) is 0 Å². The summed E-state index contributed by atoms with van der Waals surface area (Å²) in [5.74, 6) is 0.949. The molecule has 0 amide bonds. The minimum atomic E-state index is 0.812. The average Bonchev–Trinajstić information content (AvgIpc) is 2.76. The quantitative estimate of drug-likeness (QED) is 0.220. The van der Waals surface area contributed by atoms with Gasteiger partial charge in [-0.25, -0.2) is 0 Å². The summed E-state index contributed by atoms with van der Waals surface area (Å²) < 4.78 is 5.87. The van der Waals surface area contributed by atoms with Crippen LogP contribution in [-0.4, -0.2) is 12.8 Å². The van der Waals surface area contributed by atoms with Gasteiger partial charge < -0.3 is 4.74 Å². The van der Waals surface area contributed by atoms with Crippen molar-refractivity contribution in [2.24, 2.45) is 4.99 Å². The summed E-state index contributed by atoms with van der Waals surface area (Å²) in [5, 5.41) is 0. The lowest BCUT2D eigenvalue weighted by Crippen LogP contribution is -1.97. The van der Waals surface area contributed by atoms with Crippen molar-refractivity contribution in [3.63, 3.8) is 0 Å². The predicted molar refractivity (Wildman–Crippen MR) is 127 cm³/mol. The molecule has 0 aliphatic carbocycles. The van der Waals surface area contributed by atoms with Crippen LogP contribution in [0.2, 0.25) is 0 Å². The molecule has 0 aliphatic heterocycles. The van der Waals surface area contributed by atoms with E-state index in [1.54, 1.807) is 0 Å². The van der Waals surface area contributed by atoms with Crippen molar-refractivity contribution in [1.29, 1.82) is 0 Å². The van der Waals surface area contributed by atoms with E-state index in [-0.39, 0.29) is 0 Å². The number of aliphatic imine (C=N–C) groups is 1. The van der Waals surface area contributed by atoms with Gasteiger partial charge in [-0.2, -0.15) is 0 Å². The first-order valence-corrected chi connectivity index (χ1v) is 11.7. The largest absolute Gasteiger partial charge is 0.494 e. The molecule has 2 aromatic rings. The molecule has 0 aromatic heterocycles. The minimum Gasteiger partial charge on any atom is -0.494 e. The monoisotopic (exact) mass is 393 g/mol. The van der Waals surface area contributed by atoms with Gasteiger partial charge in [0.2, 0.25) is 0 Å². The molecule has 2 aromatic carbocycles. The van der Waals surface area contributed by atoms with E-state index in [2.05, 4.69) is 55.2 Å². The third-order valence-corrected chi connectivity index (χ3v) is 5.26. The summed E-state index contributed by atoms with van der Waals surface area (Å²) in [6.45, 7) is 5.31. The van der Waals surface area contributed by atoms with Crippen LogP contribution in [0.1, 0.15) is 89.2 Å². The highest BCUT2D eigenvalue weighted by Crippen LogP contribution is 2.16. The molecule has 0 atom stereocenters. The molecule has 0 fully saturated rings. The highest BCUT2D eigenvalue weighted by molar-refractivity contribution is 5.82. The molecule has 0 saturated heterocycles. The van der Waals surface area contributed by atoms with Crippen LogP contribution in [0.4, 0.5) is 5.69 Å². The van der Waals surface area contributed by atoms with Crippen LogP contribution in [0.25, 0.3) is 0 Å². The molecule has 2 nitrogen and oxygen atoms in total. The summed E-state index contributed by atoms with van der Waals surface area (Å²) in [7, 11) is 0. The van der Waals surface area contributed by atoms with Crippen LogP contribution < -0.4 is 4.74 Å². The van der Waals surface area contributed by atoms with E-state index in [1.807, 2.05) is 18.3 Å². The number of nitrogens with zero attached hydrogens (tertiary/aromatic N) is 1. The SMILES string of the molecule is CCCCCCCCCCOc1ccc(/C=N/c2ccc(CCCC)cc2)cc1. The zero-order valence-corrected chi connectivity index (χ0v) is 18.5. The molecule has 0 radical (unpaired) electrons. The van der Waals surface area contributed by atoms with Crippen molar-refractivity contribution in [2.45, 2.75) is 84.5 Å². The smallest absolute Gasteiger partial charge is 0.119 e. The van der Waals surface area contributed by atoms with Gasteiger partial charge >= 0.3 is 0 Å². The molecule has 0 spiro atoms. The van der Waals surface area contributed by atoms with Gasteiger partial charge in [0.05, 0.1) is 12.3 Å². The van der Waals surface area contributed by atoms with Crippen LogP contribution in [0.15, 0.2) is 53.5 Å². The fourth-order valence-corrected chi connectivity index (χ4v) is 3.35. The number of rotatable bonds is 15. The molecule has 0 unspecified atom stereocenters. The highest BCUT2D eigenvalue weighted by atomic mass is 16.5.